The number of esters is 1. The maximum absolute atomic E-state index is 12.8. The largest absolute Gasteiger partial charge is 0.448 e. The van der Waals surface area contributed by atoms with Crippen molar-refractivity contribution in [2.75, 3.05) is 5.32 Å². The molecule has 32 heavy (non-hydrogen) atoms. The van der Waals surface area contributed by atoms with Crippen LogP contribution in [0.2, 0.25) is 0 Å². The molecule has 0 saturated carbocycles. The fourth-order valence-corrected chi connectivity index (χ4v) is 4.21. The van der Waals surface area contributed by atoms with E-state index in [1.54, 1.807) is 4.68 Å². The summed E-state index contributed by atoms with van der Waals surface area (Å²) in [5.41, 5.74) is 3.09. The highest BCUT2D eigenvalue weighted by Crippen LogP contribution is 2.28. The Morgan fingerprint density at radius 1 is 1.12 bits per heavy atom. The number of hydrogen-bond acceptors (Lipinski definition) is 6. The Morgan fingerprint density at radius 2 is 1.88 bits per heavy atom. The normalized spacial score (nSPS) is 13.9. The number of anilines is 1. The molecule has 10 heteroatoms. The molecular formula is C22H22N4O5S. The fraction of sp³-hybridized carbons (Fsp3) is 0.227. The van der Waals surface area contributed by atoms with Gasteiger partial charge in [0.15, 0.2) is 11.8 Å². The van der Waals surface area contributed by atoms with E-state index in [1.165, 1.54) is 31.2 Å². The summed E-state index contributed by atoms with van der Waals surface area (Å²) in [5, 5.41) is 12.1. The number of sulfonamides is 1. The van der Waals surface area contributed by atoms with E-state index in [0.29, 0.717) is 6.42 Å². The Hall–Kier alpha value is -3.50. The lowest BCUT2D eigenvalue weighted by atomic mass is 10.2. The van der Waals surface area contributed by atoms with E-state index in [4.69, 9.17) is 9.88 Å². The van der Waals surface area contributed by atoms with Crippen LogP contribution >= 0.6 is 0 Å². The summed E-state index contributed by atoms with van der Waals surface area (Å²) < 4.78 is 30.1. The standard InChI is InChI=1S/C22H22N4O5S/c1-14(21(27)24-15-7-5-10-17(13-15)32(23,29)30)31-22(28)20-18-11-6-12-19(18)26(25-20)16-8-3-2-4-9-16/h2-5,7-10,13-14H,6,11-12H2,1H3,(H,24,27)(H2,23,29,30)/t14-/m1/s1. The average molecular weight is 455 g/mol. The van der Waals surface area contributed by atoms with E-state index in [0.717, 1.165) is 29.8 Å². The molecule has 1 aromatic heterocycles. The number of fused-ring (bicyclic) bond motifs is 1. The minimum Gasteiger partial charge on any atom is -0.448 e. The lowest BCUT2D eigenvalue weighted by Crippen LogP contribution is -2.30. The average Bonchev–Trinajstić information content (AvgIpc) is 3.36. The van der Waals surface area contributed by atoms with Crippen molar-refractivity contribution in [1.29, 1.82) is 0 Å². The Morgan fingerprint density at radius 3 is 2.59 bits per heavy atom. The third kappa shape index (κ3) is 4.41. The molecule has 3 aromatic rings. The molecule has 0 radical (unpaired) electrons. The van der Waals surface area contributed by atoms with Gasteiger partial charge in [-0.3, -0.25) is 4.79 Å². The molecule has 3 N–H and O–H groups in total. The van der Waals surface area contributed by atoms with Crippen LogP contribution in [0.15, 0.2) is 59.5 Å². The highest BCUT2D eigenvalue weighted by atomic mass is 32.2. The second-order valence-electron chi connectivity index (χ2n) is 7.48. The molecule has 0 aliphatic heterocycles. The van der Waals surface area contributed by atoms with Gasteiger partial charge in [0.1, 0.15) is 0 Å². The van der Waals surface area contributed by atoms with Crippen LogP contribution < -0.4 is 10.5 Å². The Labute approximate surface area is 185 Å². The fourth-order valence-electron chi connectivity index (χ4n) is 3.65. The quantitative estimate of drug-likeness (QED) is 0.549. The number of rotatable bonds is 6. The molecule has 0 bridgehead atoms. The molecule has 166 valence electrons. The molecule has 2 aromatic carbocycles. The number of carbonyl (C=O) groups is 2. The van der Waals surface area contributed by atoms with Gasteiger partial charge in [-0.05, 0) is 56.5 Å². The van der Waals surface area contributed by atoms with Crippen molar-refractivity contribution in [2.45, 2.75) is 37.2 Å². The molecule has 0 saturated heterocycles. The van der Waals surface area contributed by atoms with Crippen molar-refractivity contribution in [3.05, 3.63) is 71.5 Å². The van der Waals surface area contributed by atoms with Crippen LogP contribution in [-0.2, 0) is 32.4 Å². The van der Waals surface area contributed by atoms with Crippen LogP contribution in [0.1, 0.15) is 35.1 Å². The maximum atomic E-state index is 12.8. The van der Waals surface area contributed by atoms with E-state index in [-0.39, 0.29) is 16.3 Å². The molecular weight excluding hydrogens is 432 g/mol. The summed E-state index contributed by atoms with van der Waals surface area (Å²) in [6.07, 6.45) is 1.31. The van der Waals surface area contributed by atoms with Gasteiger partial charge in [0, 0.05) is 16.9 Å². The van der Waals surface area contributed by atoms with Crippen LogP contribution in [0.25, 0.3) is 5.69 Å². The van der Waals surface area contributed by atoms with Crippen molar-refractivity contribution in [3.8, 4) is 5.69 Å². The highest BCUT2D eigenvalue weighted by molar-refractivity contribution is 7.89. The zero-order chi connectivity index (χ0) is 22.9. The molecule has 1 aliphatic rings. The van der Waals surface area contributed by atoms with Gasteiger partial charge in [0.05, 0.1) is 10.6 Å². The maximum Gasteiger partial charge on any atom is 0.359 e. The summed E-state index contributed by atoms with van der Waals surface area (Å²) >= 11 is 0. The van der Waals surface area contributed by atoms with Crippen LogP contribution in [0, 0.1) is 0 Å². The number of nitrogens with one attached hydrogen (secondary N) is 1. The number of benzene rings is 2. The Kier molecular flexibility index (Phi) is 5.81. The summed E-state index contributed by atoms with van der Waals surface area (Å²) in [4.78, 5) is 25.2. The van der Waals surface area contributed by atoms with E-state index in [2.05, 4.69) is 10.4 Å². The summed E-state index contributed by atoms with van der Waals surface area (Å²) in [6.45, 7) is 1.44. The number of hydrogen-bond donors (Lipinski definition) is 2. The summed E-state index contributed by atoms with van der Waals surface area (Å²) in [6, 6.07) is 15.0. The zero-order valence-corrected chi connectivity index (χ0v) is 18.1. The molecule has 9 nitrogen and oxygen atoms in total. The number of nitrogens with zero attached hydrogens (tertiary/aromatic N) is 2. The molecule has 0 spiro atoms. The monoisotopic (exact) mass is 454 g/mol. The van der Waals surface area contributed by atoms with Gasteiger partial charge in [-0.2, -0.15) is 5.10 Å². The Bertz CT molecular complexity index is 1280. The van der Waals surface area contributed by atoms with Crippen LogP contribution in [-0.4, -0.2) is 36.2 Å². The minimum absolute atomic E-state index is 0.137. The minimum atomic E-state index is -3.91. The first kappa shape index (κ1) is 21.7. The van der Waals surface area contributed by atoms with Crippen LogP contribution in [0.3, 0.4) is 0 Å². The van der Waals surface area contributed by atoms with Gasteiger partial charge in [-0.1, -0.05) is 24.3 Å². The molecule has 1 aliphatic carbocycles. The van der Waals surface area contributed by atoms with Crippen molar-refractivity contribution in [2.24, 2.45) is 5.14 Å². The van der Waals surface area contributed by atoms with Gasteiger partial charge in [-0.25, -0.2) is 23.0 Å². The number of nitrogens with two attached hydrogens (primary N) is 1. The zero-order valence-electron chi connectivity index (χ0n) is 17.3. The van der Waals surface area contributed by atoms with Gasteiger partial charge < -0.3 is 10.1 Å². The van der Waals surface area contributed by atoms with Gasteiger partial charge >= 0.3 is 5.97 Å². The van der Waals surface area contributed by atoms with Crippen molar-refractivity contribution < 1.29 is 22.7 Å². The number of ether oxygens (including phenoxy) is 1. The predicted molar refractivity (Wildman–Crippen MR) is 117 cm³/mol. The SMILES string of the molecule is C[C@@H](OC(=O)c1nn(-c2ccccc2)c2c1CCC2)C(=O)Nc1cccc(S(N)(=O)=O)c1. The number of amides is 1. The van der Waals surface area contributed by atoms with Gasteiger partial charge in [-0.15, -0.1) is 0 Å². The molecule has 0 fully saturated rings. The molecule has 0 unspecified atom stereocenters. The molecule has 1 atom stereocenters. The van der Waals surface area contributed by atoms with E-state index >= 15 is 0 Å². The van der Waals surface area contributed by atoms with Crippen molar-refractivity contribution in [1.82, 2.24) is 9.78 Å². The summed E-state index contributed by atoms with van der Waals surface area (Å²) in [5.74, 6) is -1.29. The van der Waals surface area contributed by atoms with E-state index in [1.807, 2.05) is 30.3 Å². The Balaban J connectivity index is 1.49. The molecule has 4 rings (SSSR count). The topological polar surface area (TPSA) is 133 Å². The van der Waals surface area contributed by atoms with Gasteiger partial charge in [0.2, 0.25) is 10.0 Å². The smallest absolute Gasteiger partial charge is 0.359 e. The third-order valence-electron chi connectivity index (χ3n) is 5.21. The second-order valence-corrected chi connectivity index (χ2v) is 9.05. The predicted octanol–water partition coefficient (Wildman–Crippen LogP) is 2.19. The van der Waals surface area contributed by atoms with Crippen molar-refractivity contribution in [3.63, 3.8) is 0 Å². The highest BCUT2D eigenvalue weighted by Gasteiger charge is 2.30. The van der Waals surface area contributed by atoms with Crippen LogP contribution in [0.5, 0.6) is 0 Å². The number of primary sulfonamides is 1. The van der Waals surface area contributed by atoms with E-state index in [9.17, 15) is 18.0 Å². The van der Waals surface area contributed by atoms with Gasteiger partial charge in [0.25, 0.3) is 5.91 Å². The lowest BCUT2D eigenvalue weighted by molar-refractivity contribution is -0.123. The first-order valence-electron chi connectivity index (χ1n) is 10.0. The summed E-state index contributed by atoms with van der Waals surface area (Å²) in [7, 11) is -3.91. The second kappa shape index (κ2) is 8.56. The molecule has 1 amide bonds. The first-order valence-corrected chi connectivity index (χ1v) is 11.6. The molecule has 1 heterocycles. The third-order valence-corrected chi connectivity index (χ3v) is 6.12. The number of carbonyl (C=O) groups excluding carboxylic acids is 2. The first-order chi connectivity index (χ1) is 15.2. The number of para-hydroxylation sites is 1. The lowest BCUT2D eigenvalue weighted by Gasteiger charge is -2.13. The van der Waals surface area contributed by atoms with Crippen LogP contribution in [0.4, 0.5) is 5.69 Å². The van der Waals surface area contributed by atoms with Crippen molar-refractivity contribution >= 4 is 27.6 Å². The number of aromatic nitrogens is 2. The van der Waals surface area contributed by atoms with E-state index < -0.39 is 28.0 Å².